The molecule has 3 aromatic heterocycles. The number of carbonyl (C=O) groups is 1. The minimum Gasteiger partial charge on any atom is -0.622 e. The fourth-order valence-electron chi connectivity index (χ4n) is 5.01. The number of hydrogen-bond acceptors (Lipinski definition) is 11. The van der Waals surface area contributed by atoms with Gasteiger partial charge in [-0.25, -0.2) is 9.18 Å². The van der Waals surface area contributed by atoms with E-state index in [9.17, 15) is 9.18 Å². The maximum Gasteiger partial charge on any atom is 0.409 e. The summed E-state index contributed by atoms with van der Waals surface area (Å²) < 4.78 is 42.7. The van der Waals surface area contributed by atoms with Gasteiger partial charge in [-0.05, 0) is 48.7 Å². The van der Waals surface area contributed by atoms with Crippen molar-refractivity contribution in [2.75, 3.05) is 72.9 Å². The first-order valence-electron chi connectivity index (χ1n) is 16.1. The van der Waals surface area contributed by atoms with E-state index >= 15 is 0 Å². The van der Waals surface area contributed by atoms with Crippen molar-refractivity contribution in [3.05, 3.63) is 71.7 Å². The molecule has 1 saturated heterocycles. The Hall–Kier alpha value is -2.82. The Labute approximate surface area is 314 Å². The minimum atomic E-state index is -0.480. The molecule has 6 rings (SSSR count). The minimum absolute atomic E-state index is 0. The summed E-state index contributed by atoms with van der Waals surface area (Å²) in [4.78, 5) is 26.6. The van der Waals surface area contributed by atoms with Crippen molar-refractivity contribution in [3.63, 3.8) is 0 Å². The van der Waals surface area contributed by atoms with Crippen molar-refractivity contribution < 1.29 is 65.6 Å². The quantitative estimate of drug-likeness (QED) is 0.103. The van der Waals surface area contributed by atoms with Gasteiger partial charge < -0.3 is 39.4 Å². The van der Waals surface area contributed by atoms with Gasteiger partial charge in [0.2, 0.25) is 0 Å². The van der Waals surface area contributed by atoms with Crippen LogP contribution in [0.15, 0.2) is 54.9 Å². The van der Waals surface area contributed by atoms with Gasteiger partial charge in [0.1, 0.15) is 12.4 Å². The Morgan fingerprint density at radius 3 is 2.45 bits per heavy atom. The van der Waals surface area contributed by atoms with E-state index in [2.05, 4.69) is 26.8 Å². The van der Waals surface area contributed by atoms with Gasteiger partial charge in [-0.2, -0.15) is 0 Å². The number of methoxy groups -OCH3 is 1. The maximum atomic E-state index is 14.8. The molecule has 4 heterocycles. The van der Waals surface area contributed by atoms with Crippen LogP contribution in [0.5, 0.6) is 11.5 Å². The average Bonchev–Trinajstić information content (AvgIpc) is 3.84. The second kappa shape index (κ2) is 19.0. The third kappa shape index (κ3) is 11.1. The number of fused-ring (bicyclic) bond motifs is 1. The molecule has 4 aromatic rings. The van der Waals surface area contributed by atoms with Crippen molar-refractivity contribution in [2.24, 2.45) is 0 Å². The number of amides is 1. The number of piperazine rings is 1. The number of nitrogens with zero attached hydrogens (tertiary/aromatic N) is 5. The van der Waals surface area contributed by atoms with Crippen molar-refractivity contribution in [3.8, 4) is 22.1 Å². The van der Waals surface area contributed by atoms with Gasteiger partial charge in [-0.1, -0.05) is 12.1 Å². The number of aromatic nitrogens is 2. The molecule has 259 valence electrons. The van der Waals surface area contributed by atoms with E-state index in [1.54, 1.807) is 36.4 Å². The van der Waals surface area contributed by atoms with E-state index < -0.39 is 5.82 Å². The van der Waals surface area contributed by atoms with Crippen LogP contribution in [0.2, 0.25) is 0 Å². The van der Waals surface area contributed by atoms with E-state index in [1.807, 2.05) is 18.3 Å². The van der Waals surface area contributed by atoms with E-state index in [0.717, 1.165) is 58.8 Å². The second-order valence-corrected chi connectivity index (χ2v) is 12.6. The van der Waals surface area contributed by atoms with Gasteiger partial charge in [-0.15, -0.1) is 17.0 Å². The molecule has 49 heavy (non-hydrogen) atoms. The zero-order valence-corrected chi connectivity index (χ0v) is 31.2. The smallest absolute Gasteiger partial charge is 0.409 e. The molecular weight excluding hydrogens is 728 g/mol. The topological polar surface area (TPSA) is 122 Å². The van der Waals surface area contributed by atoms with Crippen LogP contribution in [0.25, 0.3) is 26.2 Å². The average molecular weight is 769 g/mol. The third-order valence-electron chi connectivity index (χ3n) is 7.84. The summed E-state index contributed by atoms with van der Waals surface area (Å²) in [5, 5.41) is 0. The summed E-state index contributed by atoms with van der Waals surface area (Å²) in [7, 11) is 1.63. The molecular formula is C34H40FN6O6SY-. The Morgan fingerprint density at radius 1 is 0.959 bits per heavy atom. The molecule has 1 aliphatic heterocycles. The van der Waals surface area contributed by atoms with Crippen molar-refractivity contribution >= 4 is 33.3 Å². The van der Waals surface area contributed by atoms with Crippen LogP contribution in [0, 0.1) is 5.82 Å². The van der Waals surface area contributed by atoms with E-state index in [0.29, 0.717) is 63.6 Å². The molecule has 1 saturated carbocycles. The first-order chi connectivity index (χ1) is 23.6. The van der Waals surface area contributed by atoms with E-state index in [-0.39, 0.29) is 51.2 Å². The Balaban J connectivity index is 0.00000468. The molecule has 1 aromatic carbocycles. The number of nitrogens with one attached hydrogen (secondary N) is 1. The maximum absolute atomic E-state index is 14.8. The molecule has 2 aliphatic rings. The van der Waals surface area contributed by atoms with Crippen LogP contribution in [0.3, 0.4) is 0 Å². The number of ether oxygens (including phenoxy) is 5. The molecule has 1 amide bonds. The number of benzene rings is 1. The SMILES string of the molecule is COCCOCCOCCOC(=O)N1CCN(Cc2ccc(-c3cc4nccc(Oc5ccc([N-]NC6CC6)cc5F)c4s3)nc2)CC1.[Y]. The fraction of sp³-hybridized carbons (Fsp3) is 0.441. The number of halogens is 1. The normalized spacial score (nSPS) is 14.9. The molecule has 12 nitrogen and oxygen atoms in total. The van der Waals surface area contributed by atoms with Gasteiger partial charge in [0.25, 0.3) is 0 Å². The molecule has 1 aliphatic carbocycles. The number of hydrogen-bond donors (Lipinski definition) is 1. The largest absolute Gasteiger partial charge is 0.622 e. The molecule has 1 N–H and O–H groups in total. The van der Waals surface area contributed by atoms with E-state index in [1.165, 1.54) is 17.4 Å². The van der Waals surface area contributed by atoms with Gasteiger partial charge in [0.15, 0.2) is 11.6 Å². The van der Waals surface area contributed by atoms with Crippen LogP contribution in [-0.2, 0) is 58.2 Å². The monoisotopic (exact) mass is 768 g/mol. The van der Waals surface area contributed by atoms with Crippen LogP contribution in [0.1, 0.15) is 18.4 Å². The molecule has 15 heteroatoms. The van der Waals surface area contributed by atoms with E-state index in [4.69, 9.17) is 28.7 Å². The second-order valence-electron chi connectivity index (χ2n) is 11.5. The van der Waals surface area contributed by atoms with Gasteiger partial charge in [0, 0.05) is 91.0 Å². The summed E-state index contributed by atoms with van der Waals surface area (Å²) >= 11 is 1.50. The van der Waals surface area contributed by atoms with Crippen LogP contribution >= 0.6 is 11.3 Å². The zero-order chi connectivity index (χ0) is 33.1. The summed E-state index contributed by atoms with van der Waals surface area (Å²) in [6.45, 7) is 5.96. The van der Waals surface area contributed by atoms with Crippen molar-refractivity contribution in [1.82, 2.24) is 25.2 Å². The zero-order valence-electron chi connectivity index (χ0n) is 27.5. The molecule has 0 unspecified atom stereocenters. The fourth-order valence-corrected chi connectivity index (χ4v) is 6.06. The van der Waals surface area contributed by atoms with Gasteiger partial charge >= 0.3 is 6.09 Å². The van der Waals surface area contributed by atoms with Crippen LogP contribution in [0.4, 0.5) is 14.9 Å². The predicted molar refractivity (Wildman–Crippen MR) is 180 cm³/mol. The number of rotatable bonds is 17. The number of carbonyl (C=O) groups excluding carboxylic acids is 1. The molecule has 0 bridgehead atoms. The summed E-state index contributed by atoms with van der Waals surface area (Å²) in [5.74, 6) is 0.180. The summed E-state index contributed by atoms with van der Waals surface area (Å²) in [5.41, 5.74) is 10.5. The summed E-state index contributed by atoms with van der Waals surface area (Å²) in [6, 6.07) is 12.9. The van der Waals surface area contributed by atoms with Crippen LogP contribution < -0.4 is 10.2 Å². The molecule has 0 atom stereocenters. The van der Waals surface area contributed by atoms with Gasteiger partial charge in [-0.3, -0.25) is 14.9 Å². The van der Waals surface area contributed by atoms with Crippen molar-refractivity contribution in [1.29, 1.82) is 0 Å². The van der Waals surface area contributed by atoms with Crippen molar-refractivity contribution in [2.45, 2.75) is 25.4 Å². The standard InChI is InChI=1S/C34H40FN6O6S.Y/c1-43-14-15-44-16-17-45-18-19-46-34(42)41-12-10-40(11-13-41)23-24-2-6-28(37-22-24)32-21-29-33(48-32)31(8-9-36-29)47-30-7-5-26(20-27(30)35)39-38-25-3-4-25;/h2,5-9,20-22,25,38H,3-4,10-19,23H2,1H3;/q-1;. The Bertz CT molecular complexity index is 1640. The first-order valence-corrected chi connectivity index (χ1v) is 16.9. The van der Waals surface area contributed by atoms with Crippen LogP contribution in [-0.4, -0.2) is 105 Å². The molecule has 2 fully saturated rings. The predicted octanol–water partition coefficient (Wildman–Crippen LogP) is 5.89. The number of pyridine rings is 2. The Morgan fingerprint density at radius 2 is 1.73 bits per heavy atom. The summed E-state index contributed by atoms with van der Waals surface area (Å²) in [6.07, 6.45) is 5.41. The molecule has 0 spiro atoms. The molecule has 1 radical (unpaired) electrons. The first kappa shape index (κ1) is 37.4. The van der Waals surface area contributed by atoms with Gasteiger partial charge in [0.05, 0.1) is 53.8 Å². The third-order valence-corrected chi connectivity index (χ3v) is 9.00. The number of thiophene rings is 1. The Kier molecular flexibility index (Phi) is 14.5.